The van der Waals surface area contributed by atoms with E-state index in [4.69, 9.17) is 16.2 Å². The zero-order valence-corrected chi connectivity index (χ0v) is 12.0. The highest BCUT2D eigenvalue weighted by Gasteiger charge is 2.26. The second-order valence-corrected chi connectivity index (χ2v) is 5.25. The first-order valence-corrected chi connectivity index (χ1v) is 6.90. The van der Waals surface area contributed by atoms with Crippen LogP contribution in [0.1, 0.15) is 36.0 Å². The topological polar surface area (TPSA) is 120 Å². The number of aromatic nitrogens is 1. The molecule has 1 saturated carbocycles. The summed E-state index contributed by atoms with van der Waals surface area (Å²) >= 11 is 0. The number of hydrogen-bond donors (Lipinski definition) is 3. The van der Waals surface area contributed by atoms with Gasteiger partial charge in [-0.25, -0.2) is 4.98 Å². The van der Waals surface area contributed by atoms with Gasteiger partial charge in [-0.2, -0.15) is 0 Å². The minimum absolute atomic E-state index is 0.0888. The number of rotatable bonds is 5. The van der Waals surface area contributed by atoms with Crippen molar-refractivity contribution in [1.29, 1.82) is 0 Å². The number of carbonyl (C=O) groups is 2. The van der Waals surface area contributed by atoms with Crippen molar-refractivity contribution in [3.8, 4) is 5.88 Å². The number of anilines is 1. The number of primary amides is 1. The molecule has 2 atom stereocenters. The number of ether oxygens (including phenoxy) is 1. The zero-order valence-electron chi connectivity index (χ0n) is 12.0. The number of methoxy groups -OCH3 is 1. The van der Waals surface area contributed by atoms with Gasteiger partial charge in [0.2, 0.25) is 11.8 Å². The largest absolute Gasteiger partial charge is 0.480 e. The Morgan fingerprint density at radius 1 is 1.48 bits per heavy atom. The van der Waals surface area contributed by atoms with E-state index in [0.717, 1.165) is 19.3 Å². The van der Waals surface area contributed by atoms with Crippen LogP contribution in [0.5, 0.6) is 5.88 Å². The van der Waals surface area contributed by atoms with E-state index in [9.17, 15) is 9.59 Å². The van der Waals surface area contributed by atoms with Crippen LogP contribution in [-0.4, -0.2) is 29.9 Å². The van der Waals surface area contributed by atoms with Crippen LogP contribution in [0.3, 0.4) is 0 Å². The smallest absolute Gasteiger partial charge is 0.254 e. The van der Waals surface area contributed by atoms with E-state index in [1.165, 1.54) is 19.4 Å². The van der Waals surface area contributed by atoms with Crippen molar-refractivity contribution in [1.82, 2.24) is 4.98 Å². The van der Waals surface area contributed by atoms with Crippen LogP contribution in [0.15, 0.2) is 12.3 Å². The predicted octanol–water partition coefficient (Wildman–Crippen LogP) is 0.645. The van der Waals surface area contributed by atoms with Gasteiger partial charge in [0.15, 0.2) is 0 Å². The van der Waals surface area contributed by atoms with Crippen LogP contribution in [0.4, 0.5) is 5.69 Å². The van der Waals surface area contributed by atoms with Crippen LogP contribution < -0.4 is 21.5 Å². The monoisotopic (exact) mass is 292 g/mol. The van der Waals surface area contributed by atoms with Crippen molar-refractivity contribution in [2.24, 2.45) is 17.4 Å². The van der Waals surface area contributed by atoms with Gasteiger partial charge in [-0.05, 0) is 24.8 Å². The van der Waals surface area contributed by atoms with Crippen LogP contribution in [-0.2, 0) is 4.79 Å². The van der Waals surface area contributed by atoms with Gasteiger partial charge in [0.1, 0.15) is 5.56 Å². The summed E-state index contributed by atoms with van der Waals surface area (Å²) in [6.45, 7) is 0. The predicted molar refractivity (Wildman–Crippen MR) is 77.9 cm³/mol. The summed E-state index contributed by atoms with van der Waals surface area (Å²) in [6.07, 6.45) is 4.81. The highest BCUT2D eigenvalue weighted by atomic mass is 16.5. The van der Waals surface area contributed by atoms with Crippen molar-refractivity contribution < 1.29 is 14.3 Å². The van der Waals surface area contributed by atoms with E-state index in [-0.39, 0.29) is 29.3 Å². The first-order chi connectivity index (χ1) is 10.0. The van der Waals surface area contributed by atoms with Crippen molar-refractivity contribution in [2.45, 2.75) is 31.7 Å². The number of carbonyl (C=O) groups excluding carboxylic acids is 2. The van der Waals surface area contributed by atoms with E-state index < -0.39 is 5.91 Å². The van der Waals surface area contributed by atoms with Crippen LogP contribution in [0.25, 0.3) is 0 Å². The molecule has 0 unspecified atom stereocenters. The Balaban J connectivity index is 2.03. The second kappa shape index (κ2) is 6.53. The minimum Gasteiger partial charge on any atom is -0.480 e. The number of nitrogens with zero attached hydrogens (tertiary/aromatic N) is 1. The molecule has 0 spiro atoms. The molecule has 5 N–H and O–H groups in total. The van der Waals surface area contributed by atoms with Crippen LogP contribution in [0.2, 0.25) is 0 Å². The van der Waals surface area contributed by atoms with Crippen molar-refractivity contribution in [3.05, 3.63) is 17.8 Å². The number of amides is 2. The third kappa shape index (κ3) is 3.69. The fourth-order valence-corrected chi connectivity index (χ4v) is 2.63. The van der Waals surface area contributed by atoms with E-state index in [1.807, 2.05) is 0 Å². The lowest BCUT2D eigenvalue weighted by atomic mass is 10.00. The summed E-state index contributed by atoms with van der Waals surface area (Å²) in [7, 11) is 1.40. The Hall–Kier alpha value is -2.15. The summed E-state index contributed by atoms with van der Waals surface area (Å²) < 4.78 is 4.95. The number of nitrogens with one attached hydrogen (secondary N) is 1. The lowest BCUT2D eigenvalue weighted by Crippen LogP contribution is -2.28. The molecule has 0 saturated heterocycles. The SMILES string of the molecule is COc1ncc(NC(=O)C[C@@H]2CCC[C@H]2N)cc1C(N)=O. The molecule has 0 aliphatic heterocycles. The highest BCUT2D eigenvalue weighted by Crippen LogP contribution is 2.27. The summed E-state index contributed by atoms with van der Waals surface area (Å²) in [5.74, 6) is -0.446. The Morgan fingerprint density at radius 2 is 2.24 bits per heavy atom. The van der Waals surface area contributed by atoms with Gasteiger partial charge in [-0.1, -0.05) is 6.42 Å². The van der Waals surface area contributed by atoms with Crippen LogP contribution in [0, 0.1) is 5.92 Å². The summed E-state index contributed by atoms with van der Waals surface area (Å²) in [4.78, 5) is 27.3. The zero-order chi connectivity index (χ0) is 15.4. The fourth-order valence-electron chi connectivity index (χ4n) is 2.63. The van der Waals surface area contributed by atoms with Crippen molar-refractivity contribution in [3.63, 3.8) is 0 Å². The molecule has 1 aliphatic carbocycles. The number of nitrogens with two attached hydrogens (primary N) is 2. The van der Waals surface area contributed by atoms with Gasteiger partial charge in [0.25, 0.3) is 5.91 Å². The molecule has 114 valence electrons. The van der Waals surface area contributed by atoms with Crippen molar-refractivity contribution in [2.75, 3.05) is 12.4 Å². The average molecular weight is 292 g/mol. The maximum Gasteiger partial charge on any atom is 0.254 e. The lowest BCUT2D eigenvalue weighted by molar-refractivity contribution is -0.117. The standard InChI is InChI=1S/C14H20N4O3/c1-21-14-10(13(16)20)6-9(7-17-14)18-12(19)5-8-3-2-4-11(8)15/h6-8,11H,2-5,15H2,1H3,(H2,16,20)(H,18,19)/t8-,11+/m0/s1. The van der Waals surface area contributed by atoms with E-state index >= 15 is 0 Å². The van der Waals surface area contributed by atoms with Crippen LogP contribution >= 0.6 is 0 Å². The Kier molecular flexibility index (Phi) is 4.74. The summed E-state index contributed by atoms with van der Waals surface area (Å²) in [5, 5.41) is 2.72. The molecule has 21 heavy (non-hydrogen) atoms. The minimum atomic E-state index is -0.659. The molecule has 7 heteroatoms. The third-order valence-electron chi connectivity index (χ3n) is 3.76. The van der Waals surface area contributed by atoms with Gasteiger partial charge in [0.05, 0.1) is 19.0 Å². The number of pyridine rings is 1. The molecular weight excluding hydrogens is 272 g/mol. The quantitative estimate of drug-likeness (QED) is 0.735. The maximum absolute atomic E-state index is 12.0. The first-order valence-electron chi connectivity index (χ1n) is 6.90. The molecule has 0 aromatic carbocycles. The molecule has 0 bridgehead atoms. The lowest BCUT2D eigenvalue weighted by Gasteiger charge is -2.15. The maximum atomic E-state index is 12.0. The Labute approximate surface area is 123 Å². The molecular formula is C14H20N4O3. The van der Waals surface area contributed by atoms with E-state index in [2.05, 4.69) is 10.3 Å². The molecule has 1 aromatic heterocycles. The molecule has 1 aliphatic rings. The number of hydrogen-bond acceptors (Lipinski definition) is 5. The van der Waals surface area contributed by atoms with Crippen molar-refractivity contribution >= 4 is 17.5 Å². The molecule has 0 radical (unpaired) electrons. The normalized spacial score (nSPS) is 21.0. The van der Waals surface area contributed by atoms with E-state index in [0.29, 0.717) is 12.1 Å². The van der Waals surface area contributed by atoms with Gasteiger partial charge >= 0.3 is 0 Å². The molecule has 2 rings (SSSR count). The summed E-state index contributed by atoms with van der Waals surface area (Å²) in [5.41, 5.74) is 11.8. The van der Waals surface area contributed by atoms with Gasteiger partial charge in [-0.3, -0.25) is 9.59 Å². The first kappa shape index (κ1) is 15.2. The summed E-state index contributed by atoms with van der Waals surface area (Å²) in [6, 6.07) is 1.55. The fraction of sp³-hybridized carbons (Fsp3) is 0.500. The highest BCUT2D eigenvalue weighted by molar-refractivity contribution is 5.97. The van der Waals surface area contributed by atoms with Gasteiger partial charge < -0.3 is 21.5 Å². The van der Waals surface area contributed by atoms with Gasteiger partial charge in [0, 0.05) is 12.5 Å². The van der Waals surface area contributed by atoms with Gasteiger partial charge in [-0.15, -0.1) is 0 Å². The molecule has 1 fully saturated rings. The molecule has 7 nitrogen and oxygen atoms in total. The Morgan fingerprint density at radius 3 is 2.81 bits per heavy atom. The third-order valence-corrected chi connectivity index (χ3v) is 3.76. The molecule has 1 heterocycles. The van der Waals surface area contributed by atoms with E-state index in [1.54, 1.807) is 0 Å². The molecule has 1 aromatic rings. The Bertz CT molecular complexity index is 547. The second-order valence-electron chi connectivity index (χ2n) is 5.25. The average Bonchev–Trinajstić information content (AvgIpc) is 2.84. The molecule has 2 amide bonds.